The summed E-state index contributed by atoms with van der Waals surface area (Å²) >= 11 is 3.75. The highest BCUT2D eigenvalue weighted by Crippen LogP contribution is 2.61. The number of carbonyl (C=O) groups excluding carboxylic acids is 4. The van der Waals surface area contributed by atoms with E-state index in [9.17, 15) is 14.7 Å². The molecule has 0 saturated carbocycles. The lowest BCUT2D eigenvalue weighted by atomic mass is 9.70. The van der Waals surface area contributed by atoms with Gasteiger partial charge in [0.15, 0.2) is 0 Å². The number of rotatable bonds is 16. The molecule has 13 nitrogen and oxygen atoms in total. The molecule has 1 aromatic heterocycles. The summed E-state index contributed by atoms with van der Waals surface area (Å²) in [5.74, 6) is -3.91. The number of halogens is 1. The SMILES string of the molecule is C=CCCC(=O)OC[C@@H](NC(=O)[C@@H]1[C@H]2O[C@@]3(CC2Br)[C@H](C(=O)N(CC=C)Cn2nnc4ccccc42)N([C@H](CO)c2ccccc2)C(=O)[C@@H]13)c1ccccc1. The molecule has 3 aliphatic rings. The van der Waals surface area contributed by atoms with E-state index in [1.54, 1.807) is 41.1 Å². The maximum Gasteiger partial charge on any atom is 0.306 e. The number of nitrogens with one attached hydrogen (secondary N) is 1. The van der Waals surface area contributed by atoms with Crippen LogP contribution in [0.3, 0.4) is 0 Å². The fourth-order valence-corrected chi connectivity index (χ4v) is 9.33. The number of hydrogen-bond acceptors (Lipinski definition) is 9. The number of aliphatic hydroxyl groups excluding tert-OH is 1. The van der Waals surface area contributed by atoms with E-state index in [1.807, 2.05) is 60.7 Å². The lowest BCUT2D eigenvalue weighted by Gasteiger charge is -2.39. The Balaban J connectivity index is 1.26. The summed E-state index contributed by atoms with van der Waals surface area (Å²) in [4.78, 5) is 60.0. The highest BCUT2D eigenvalue weighted by Gasteiger charge is 2.77. The molecular weight excluding hydrogens is 768 g/mol. The minimum Gasteiger partial charge on any atom is -0.463 e. The number of amides is 3. The van der Waals surface area contributed by atoms with Crippen LogP contribution in [-0.2, 0) is 35.3 Å². The molecule has 3 aromatic carbocycles. The molecule has 3 saturated heterocycles. The van der Waals surface area contributed by atoms with E-state index in [2.05, 4.69) is 44.7 Å². The third-order valence-corrected chi connectivity index (χ3v) is 11.7. The van der Waals surface area contributed by atoms with Gasteiger partial charge in [-0.15, -0.1) is 18.3 Å². The highest BCUT2D eigenvalue weighted by molar-refractivity contribution is 9.09. The van der Waals surface area contributed by atoms with Gasteiger partial charge in [-0.2, -0.15) is 0 Å². The van der Waals surface area contributed by atoms with Gasteiger partial charge >= 0.3 is 5.97 Å². The summed E-state index contributed by atoms with van der Waals surface area (Å²) in [6.07, 6.45) is 3.33. The van der Waals surface area contributed by atoms with Gasteiger partial charge < -0.3 is 29.7 Å². The van der Waals surface area contributed by atoms with E-state index in [0.29, 0.717) is 28.6 Å². The molecule has 4 heterocycles. The molecule has 3 aliphatic heterocycles. The van der Waals surface area contributed by atoms with E-state index < -0.39 is 72.0 Å². The molecule has 286 valence electrons. The Morgan fingerprint density at radius 2 is 1.73 bits per heavy atom. The molecular formula is C41H43BrN6O7. The molecule has 2 bridgehead atoms. The van der Waals surface area contributed by atoms with Gasteiger partial charge in [0.1, 0.15) is 30.4 Å². The summed E-state index contributed by atoms with van der Waals surface area (Å²) in [5.41, 5.74) is 1.27. The Morgan fingerprint density at radius 1 is 1.04 bits per heavy atom. The topological polar surface area (TPSA) is 156 Å². The first-order valence-electron chi connectivity index (χ1n) is 18.3. The van der Waals surface area contributed by atoms with Crippen molar-refractivity contribution in [1.82, 2.24) is 30.1 Å². The smallest absolute Gasteiger partial charge is 0.306 e. The lowest BCUT2D eigenvalue weighted by molar-refractivity contribution is -0.152. The molecule has 0 radical (unpaired) electrons. The van der Waals surface area contributed by atoms with E-state index in [0.717, 1.165) is 0 Å². The van der Waals surface area contributed by atoms with E-state index in [-0.39, 0.29) is 37.5 Å². The zero-order chi connectivity index (χ0) is 38.7. The maximum absolute atomic E-state index is 15.2. The first-order valence-corrected chi connectivity index (χ1v) is 19.2. The first kappa shape index (κ1) is 38.1. The average Bonchev–Trinajstić information content (AvgIpc) is 3.93. The number of hydrogen-bond donors (Lipinski definition) is 2. The van der Waals surface area contributed by atoms with Gasteiger partial charge in [-0.1, -0.05) is 106 Å². The largest absolute Gasteiger partial charge is 0.463 e. The standard InChI is InChI=1S/C41H43BrN6O7/c1-3-5-20-33(50)54-24-30(26-14-8-6-9-15-26)43-38(51)34-35-39(52)48(32(23-49)27-16-10-7-11-17-27)37(41(35)22-28(42)36(34)55-41)40(53)46(21-4-2)25-47-31-19-13-12-18-29(31)44-45-47/h3-4,6-19,28,30,32,34-37,49H,1-2,5,20-25H2,(H,43,51)/t28?,30-,32-,34+,35-,36+,37+,41-/m1/s1. The second-order valence-electron chi connectivity index (χ2n) is 14.1. The Hall–Kier alpha value is -5.18. The number of para-hydroxylation sites is 1. The minimum absolute atomic E-state index is 0.00483. The van der Waals surface area contributed by atoms with Gasteiger partial charge in [0, 0.05) is 17.8 Å². The second kappa shape index (κ2) is 16.3. The number of alkyl halides is 1. The predicted octanol–water partition coefficient (Wildman–Crippen LogP) is 4.25. The number of ether oxygens (including phenoxy) is 2. The Bertz CT molecular complexity index is 2060. The fraction of sp³-hybridized carbons (Fsp3) is 0.366. The molecule has 14 heteroatoms. The van der Waals surface area contributed by atoms with Crippen LogP contribution in [0.1, 0.15) is 42.5 Å². The Morgan fingerprint density at radius 3 is 2.42 bits per heavy atom. The average molecular weight is 812 g/mol. The molecule has 1 spiro atoms. The normalized spacial score (nSPS) is 24.9. The number of nitrogens with zero attached hydrogens (tertiary/aromatic N) is 5. The van der Waals surface area contributed by atoms with Crippen molar-refractivity contribution in [1.29, 1.82) is 0 Å². The van der Waals surface area contributed by atoms with Crippen molar-refractivity contribution in [2.24, 2.45) is 11.8 Å². The molecule has 1 unspecified atom stereocenters. The predicted molar refractivity (Wildman–Crippen MR) is 206 cm³/mol. The van der Waals surface area contributed by atoms with Crippen LogP contribution in [0.4, 0.5) is 0 Å². The van der Waals surface area contributed by atoms with Gasteiger partial charge in [-0.3, -0.25) is 19.2 Å². The van der Waals surface area contributed by atoms with Crippen molar-refractivity contribution in [2.45, 2.75) is 60.6 Å². The minimum atomic E-state index is -1.43. The van der Waals surface area contributed by atoms with Gasteiger partial charge in [0.25, 0.3) is 0 Å². The highest BCUT2D eigenvalue weighted by atomic mass is 79.9. The lowest BCUT2D eigenvalue weighted by Crippen LogP contribution is -2.57. The molecule has 4 aromatic rings. The third-order valence-electron chi connectivity index (χ3n) is 10.8. The van der Waals surface area contributed by atoms with Crippen LogP contribution in [0.2, 0.25) is 0 Å². The summed E-state index contributed by atoms with van der Waals surface area (Å²) < 4.78 is 14.0. The number of aliphatic hydroxyl groups is 1. The Kier molecular flexibility index (Phi) is 11.3. The number of esters is 1. The van der Waals surface area contributed by atoms with Crippen LogP contribution in [0.25, 0.3) is 11.0 Å². The first-order chi connectivity index (χ1) is 26.7. The third kappa shape index (κ3) is 7.09. The number of allylic oxidation sites excluding steroid dienone is 1. The van der Waals surface area contributed by atoms with Crippen molar-refractivity contribution in [3.05, 3.63) is 121 Å². The van der Waals surface area contributed by atoms with Crippen LogP contribution < -0.4 is 5.32 Å². The molecule has 3 amide bonds. The van der Waals surface area contributed by atoms with Gasteiger partial charge in [0.2, 0.25) is 17.7 Å². The number of fused-ring (bicyclic) bond motifs is 2. The summed E-state index contributed by atoms with van der Waals surface area (Å²) in [7, 11) is 0. The molecule has 0 aliphatic carbocycles. The van der Waals surface area contributed by atoms with Crippen LogP contribution >= 0.6 is 15.9 Å². The number of likely N-dealkylation sites (tertiary alicyclic amines) is 1. The maximum atomic E-state index is 15.2. The van der Waals surface area contributed by atoms with Crippen molar-refractivity contribution in [3.63, 3.8) is 0 Å². The van der Waals surface area contributed by atoms with Gasteiger partial charge in [-0.25, -0.2) is 4.68 Å². The van der Waals surface area contributed by atoms with E-state index >= 15 is 9.59 Å². The molecule has 7 rings (SSSR count). The van der Waals surface area contributed by atoms with Gasteiger partial charge in [0.05, 0.1) is 42.1 Å². The molecule has 8 atom stereocenters. The number of carbonyl (C=O) groups is 4. The molecule has 3 fully saturated rings. The van der Waals surface area contributed by atoms with Crippen LogP contribution in [0.15, 0.2) is 110 Å². The quantitative estimate of drug-likeness (QED) is 0.0960. The second-order valence-corrected chi connectivity index (χ2v) is 15.2. The van der Waals surface area contributed by atoms with Crippen LogP contribution in [0, 0.1) is 11.8 Å². The monoisotopic (exact) mass is 810 g/mol. The Labute approximate surface area is 327 Å². The summed E-state index contributed by atoms with van der Waals surface area (Å²) in [6, 6.07) is 22.7. The van der Waals surface area contributed by atoms with Gasteiger partial charge in [-0.05, 0) is 36.1 Å². The summed E-state index contributed by atoms with van der Waals surface area (Å²) in [5, 5.41) is 22.6. The summed E-state index contributed by atoms with van der Waals surface area (Å²) in [6.45, 7) is 7.04. The zero-order valence-electron chi connectivity index (χ0n) is 30.2. The van der Waals surface area contributed by atoms with Crippen molar-refractivity contribution in [3.8, 4) is 0 Å². The van der Waals surface area contributed by atoms with Crippen molar-refractivity contribution in [2.75, 3.05) is 19.8 Å². The van der Waals surface area contributed by atoms with Crippen LogP contribution in [0.5, 0.6) is 0 Å². The number of aromatic nitrogens is 3. The van der Waals surface area contributed by atoms with Crippen molar-refractivity contribution < 1.29 is 33.8 Å². The molecule has 2 N–H and O–H groups in total. The fourth-order valence-electron chi connectivity index (χ4n) is 8.38. The van der Waals surface area contributed by atoms with Crippen LogP contribution in [-0.4, -0.2) is 95.9 Å². The number of benzene rings is 3. The van der Waals surface area contributed by atoms with Crippen molar-refractivity contribution >= 4 is 50.7 Å². The zero-order valence-corrected chi connectivity index (χ0v) is 31.7. The van der Waals surface area contributed by atoms with E-state index in [4.69, 9.17) is 9.47 Å². The molecule has 55 heavy (non-hydrogen) atoms. The van der Waals surface area contributed by atoms with E-state index in [1.165, 1.54) is 9.80 Å².